The predicted molar refractivity (Wildman–Crippen MR) is 107 cm³/mol. The Morgan fingerprint density at radius 1 is 0.621 bits per heavy atom. The quantitative estimate of drug-likeness (QED) is 0.334. The van der Waals surface area contributed by atoms with Gasteiger partial charge in [-0.05, 0) is 54.7 Å². The molecule has 2 aromatic rings. The van der Waals surface area contributed by atoms with Crippen molar-refractivity contribution in [3.05, 3.63) is 47.5 Å². The van der Waals surface area contributed by atoms with Crippen molar-refractivity contribution in [2.75, 3.05) is 13.1 Å². The maximum atomic E-state index is 11.8. The Bertz CT molecular complexity index is 743. The van der Waals surface area contributed by atoms with Crippen molar-refractivity contribution in [3.8, 4) is 23.0 Å². The summed E-state index contributed by atoms with van der Waals surface area (Å²) in [6.45, 7) is 0.843. The van der Waals surface area contributed by atoms with Gasteiger partial charge in [-0.25, -0.2) is 0 Å². The molecule has 0 spiro atoms. The van der Waals surface area contributed by atoms with Gasteiger partial charge in [0.2, 0.25) is 11.8 Å². The second-order valence-electron chi connectivity index (χ2n) is 6.77. The van der Waals surface area contributed by atoms with Gasteiger partial charge < -0.3 is 31.1 Å². The van der Waals surface area contributed by atoms with Gasteiger partial charge in [-0.2, -0.15) is 0 Å². The van der Waals surface area contributed by atoms with Crippen LogP contribution in [0.25, 0.3) is 0 Å². The van der Waals surface area contributed by atoms with Gasteiger partial charge in [-0.3, -0.25) is 9.59 Å². The zero-order valence-corrected chi connectivity index (χ0v) is 16.0. The van der Waals surface area contributed by atoms with Crippen molar-refractivity contribution in [1.29, 1.82) is 0 Å². The third-order valence-corrected chi connectivity index (χ3v) is 4.20. The van der Waals surface area contributed by atoms with Crippen LogP contribution in [0.5, 0.6) is 23.0 Å². The fraction of sp³-hybridized carbons (Fsp3) is 0.333. The van der Waals surface area contributed by atoms with Crippen LogP contribution >= 0.6 is 0 Å². The van der Waals surface area contributed by atoms with Crippen molar-refractivity contribution >= 4 is 11.8 Å². The van der Waals surface area contributed by atoms with Crippen molar-refractivity contribution in [2.45, 2.75) is 32.1 Å². The molecule has 2 rings (SSSR count). The van der Waals surface area contributed by atoms with Gasteiger partial charge >= 0.3 is 0 Å². The largest absolute Gasteiger partial charge is 0.508 e. The molecule has 0 atom stereocenters. The van der Waals surface area contributed by atoms with Gasteiger partial charge in [0.15, 0.2) is 0 Å². The normalized spacial score (nSPS) is 10.5. The van der Waals surface area contributed by atoms with Crippen LogP contribution in [0.15, 0.2) is 36.4 Å². The molecule has 0 bridgehead atoms. The molecule has 29 heavy (non-hydrogen) atoms. The van der Waals surface area contributed by atoms with Crippen LogP contribution in [0.3, 0.4) is 0 Å². The highest BCUT2D eigenvalue weighted by molar-refractivity contribution is 5.76. The summed E-state index contributed by atoms with van der Waals surface area (Å²) in [7, 11) is 0. The molecule has 156 valence electrons. The minimum absolute atomic E-state index is 0.0444. The van der Waals surface area contributed by atoms with Gasteiger partial charge in [0.25, 0.3) is 0 Å². The third-order valence-electron chi connectivity index (χ3n) is 4.20. The molecule has 2 amide bonds. The molecule has 0 heterocycles. The molecular formula is C21H26N2O6. The number of carbonyl (C=O) groups is 2. The molecule has 8 nitrogen and oxygen atoms in total. The van der Waals surface area contributed by atoms with E-state index in [1.54, 1.807) is 0 Å². The van der Waals surface area contributed by atoms with Crippen LogP contribution in [0.2, 0.25) is 0 Å². The average Bonchev–Trinajstić information content (AvgIpc) is 2.63. The fourth-order valence-corrected chi connectivity index (χ4v) is 2.84. The molecule has 6 N–H and O–H groups in total. The first-order valence-corrected chi connectivity index (χ1v) is 9.39. The lowest BCUT2D eigenvalue weighted by molar-refractivity contribution is -0.121. The molecule has 0 unspecified atom stereocenters. The molecule has 0 radical (unpaired) electrons. The number of aromatic hydroxyl groups is 4. The summed E-state index contributed by atoms with van der Waals surface area (Å²) < 4.78 is 0. The molecule has 0 aromatic heterocycles. The minimum atomic E-state index is -0.150. The SMILES string of the molecule is O=C(CCc1cc(O)cc(O)c1)NCCCNC(=O)CCc1cc(O)cc(O)c1. The summed E-state index contributed by atoms with van der Waals surface area (Å²) in [4.78, 5) is 23.7. The van der Waals surface area contributed by atoms with Crippen LogP contribution in [-0.4, -0.2) is 45.3 Å². The zero-order chi connectivity index (χ0) is 21.2. The predicted octanol–water partition coefficient (Wildman–Crippen LogP) is 1.70. The number of hydrogen-bond acceptors (Lipinski definition) is 6. The lowest BCUT2D eigenvalue weighted by atomic mass is 10.1. The van der Waals surface area contributed by atoms with Gasteiger partial charge in [-0.1, -0.05) is 0 Å². The van der Waals surface area contributed by atoms with E-state index in [0.29, 0.717) is 43.5 Å². The van der Waals surface area contributed by atoms with Gasteiger partial charge in [0.05, 0.1) is 0 Å². The molecule has 0 fully saturated rings. The van der Waals surface area contributed by atoms with Crippen LogP contribution < -0.4 is 10.6 Å². The summed E-state index contributed by atoms with van der Waals surface area (Å²) >= 11 is 0. The summed E-state index contributed by atoms with van der Waals surface area (Å²) in [5, 5.41) is 43.2. The van der Waals surface area contributed by atoms with Crippen LogP contribution in [0, 0.1) is 0 Å². The molecule has 8 heteroatoms. The van der Waals surface area contributed by atoms with E-state index in [1.807, 2.05) is 0 Å². The lowest BCUT2D eigenvalue weighted by Crippen LogP contribution is -2.30. The third kappa shape index (κ3) is 8.42. The summed E-state index contributed by atoms with van der Waals surface area (Å²) in [5.74, 6) is -0.478. The number of aryl methyl sites for hydroxylation is 2. The number of rotatable bonds is 10. The first-order chi connectivity index (χ1) is 13.8. The standard InChI is InChI=1S/C21H26N2O6/c24-16-8-14(9-17(25)12-16)2-4-20(28)22-6-1-7-23-21(29)5-3-15-10-18(26)13-19(27)11-15/h8-13,24-27H,1-7H2,(H,22,28)(H,23,29). The molecule has 0 aliphatic carbocycles. The Morgan fingerprint density at radius 3 is 1.31 bits per heavy atom. The zero-order valence-electron chi connectivity index (χ0n) is 16.0. The maximum Gasteiger partial charge on any atom is 0.220 e. The maximum absolute atomic E-state index is 11.8. The summed E-state index contributed by atoms with van der Waals surface area (Å²) in [6.07, 6.45) is 1.83. The molecule has 0 aliphatic heterocycles. The van der Waals surface area contributed by atoms with Gasteiger partial charge in [-0.15, -0.1) is 0 Å². The smallest absolute Gasteiger partial charge is 0.220 e. The Kier molecular flexibility index (Phi) is 8.14. The Morgan fingerprint density at radius 2 is 0.966 bits per heavy atom. The Labute approximate surface area is 168 Å². The average molecular weight is 402 g/mol. The topological polar surface area (TPSA) is 139 Å². The molecule has 0 saturated heterocycles. The lowest BCUT2D eigenvalue weighted by Gasteiger charge is -2.08. The fourth-order valence-electron chi connectivity index (χ4n) is 2.84. The molecule has 2 aromatic carbocycles. The Balaban J connectivity index is 1.56. The second-order valence-corrected chi connectivity index (χ2v) is 6.77. The van der Waals surface area contributed by atoms with E-state index >= 15 is 0 Å². The van der Waals surface area contributed by atoms with E-state index in [0.717, 1.165) is 0 Å². The highest BCUT2D eigenvalue weighted by Crippen LogP contribution is 2.22. The first-order valence-electron chi connectivity index (χ1n) is 9.39. The minimum Gasteiger partial charge on any atom is -0.508 e. The van der Waals surface area contributed by atoms with Crippen molar-refractivity contribution in [1.82, 2.24) is 10.6 Å². The van der Waals surface area contributed by atoms with E-state index in [9.17, 15) is 30.0 Å². The molecular weight excluding hydrogens is 376 g/mol. The van der Waals surface area contributed by atoms with Crippen LogP contribution in [-0.2, 0) is 22.4 Å². The second kappa shape index (κ2) is 10.8. The van der Waals surface area contributed by atoms with Gasteiger partial charge in [0.1, 0.15) is 23.0 Å². The van der Waals surface area contributed by atoms with E-state index < -0.39 is 0 Å². The number of benzene rings is 2. The monoisotopic (exact) mass is 402 g/mol. The summed E-state index contributed by atoms with van der Waals surface area (Å²) in [5.41, 5.74) is 1.34. The number of nitrogens with one attached hydrogen (secondary N) is 2. The van der Waals surface area contributed by atoms with Crippen molar-refractivity contribution in [2.24, 2.45) is 0 Å². The van der Waals surface area contributed by atoms with E-state index in [1.165, 1.54) is 36.4 Å². The summed E-state index contributed by atoms with van der Waals surface area (Å²) in [6, 6.07) is 8.46. The van der Waals surface area contributed by atoms with Crippen LogP contribution in [0.1, 0.15) is 30.4 Å². The number of hydrogen-bond donors (Lipinski definition) is 6. The highest BCUT2D eigenvalue weighted by atomic mass is 16.3. The van der Waals surface area contributed by atoms with E-state index in [-0.39, 0.29) is 47.7 Å². The molecule has 0 aliphatic rings. The Hall–Kier alpha value is -3.42. The van der Waals surface area contributed by atoms with Gasteiger partial charge in [0, 0.05) is 38.1 Å². The number of phenolic OH excluding ortho intramolecular Hbond substituents is 4. The van der Waals surface area contributed by atoms with Crippen LogP contribution in [0.4, 0.5) is 0 Å². The first kappa shape index (κ1) is 21.9. The van der Waals surface area contributed by atoms with Crippen molar-refractivity contribution < 1.29 is 30.0 Å². The highest BCUT2D eigenvalue weighted by Gasteiger charge is 2.06. The number of amides is 2. The van der Waals surface area contributed by atoms with E-state index in [4.69, 9.17) is 0 Å². The number of carbonyl (C=O) groups excluding carboxylic acids is 2. The number of phenols is 4. The molecule has 0 saturated carbocycles. The van der Waals surface area contributed by atoms with E-state index in [2.05, 4.69) is 10.6 Å². The van der Waals surface area contributed by atoms with Crippen molar-refractivity contribution in [3.63, 3.8) is 0 Å².